The number of carbonyl (C=O) groups excluding carboxylic acids is 2. The molecule has 0 unspecified atom stereocenters. The maximum Gasteiger partial charge on any atom is 0.257 e. The zero-order valence-electron chi connectivity index (χ0n) is 20.3. The maximum absolute atomic E-state index is 13.1. The highest BCUT2D eigenvalue weighted by atomic mass is 35.5. The van der Waals surface area contributed by atoms with Gasteiger partial charge in [0.15, 0.2) is 5.75 Å². The van der Waals surface area contributed by atoms with Gasteiger partial charge >= 0.3 is 0 Å². The molecular formula is C27H31ClN4O3. The molecule has 0 atom stereocenters. The molecule has 0 bridgehead atoms. The summed E-state index contributed by atoms with van der Waals surface area (Å²) < 4.78 is 6.09. The lowest BCUT2D eigenvalue weighted by Crippen LogP contribution is -2.33. The first-order valence-corrected chi connectivity index (χ1v) is 11.9. The largest absolute Gasteiger partial charge is 0.491 e. The lowest BCUT2D eigenvalue weighted by molar-refractivity contribution is 0.0750. The number of para-hydroxylation sites is 1. The number of ether oxygens (including phenoxy) is 1. The minimum Gasteiger partial charge on any atom is -0.491 e. The van der Waals surface area contributed by atoms with Gasteiger partial charge in [-0.15, -0.1) is 0 Å². The average Bonchev–Trinajstić information content (AvgIpc) is 2.87. The molecule has 0 saturated heterocycles. The molecule has 0 saturated carbocycles. The number of nitrogens with one attached hydrogen (secondary N) is 2. The molecule has 1 heterocycles. The summed E-state index contributed by atoms with van der Waals surface area (Å²) in [7, 11) is 1.75. The van der Waals surface area contributed by atoms with Gasteiger partial charge in [0, 0.05) is 42.6 Å². The highest BCUT2D eigenvalue weighted by molar-refractivity contribution is 6.30. The van der Waals surface area contributed by atoms with Crippen molar-refractivity contribution in [1.82, 2.24) is 15.2 Å². The van der Waals surface area contributed by atoms with Crippen molar-refractivity contribution in [3.63, 3.8) is 0 Å². The van der Waals surface area contributed by atoms with Crippen molar-refractivity contribution in [3.05, 3.63) is 88.7 Å². The van der Waals surface area contributed by atoms with E-state index in [0.29, 0.717) is 40.6 Å². The van der Waals surface area contributed by atoms with Crippen LogP contribution >= 0.6 is 11.6 Å². The average molecular weight is 495 g/mol. The molecule has 0 aliphatic rings. The number of aromatic nitrogens is 1. The standard InChI is InChI=1S/C27H31ClN4O3/c1-19(2)32(3)27(34)23-6-4-7-24(31-26(33)21-12-15-29-16-13-21)25(23)35-17-5-14-30-18-20-8-10-22(28)11-9-20/h4,6-13,15-16,19,30H,5,14,17-18H2,1-3H3,(H,31,33). The Kier molecular flexibility index (Phi) is 9.64. The number of halogens is 1. The zero-order valence-corrected chi connectivity index (χ0v) is 21.0. The van der Waals surface area contributed by atoms with E-state index in [0.717, 1.165) is 18.7 Å². The number of hydrogen-bond donors (Lipinski definition) is 2. The quantitative estimate of drug-likeness (QED) is 0.365. The van der Waals surface area contributed by atoms with E-state index in [-0.39, 0.29) is 17.9 Å². The van der Waals surface area contributed by atoms with Crippen LogP contribution in [-0.2, 0) is 6.54 Å². The predicted molar refractivity (Wildman–Crippen MR) is 139 cm³/mol. The highest BCUT2D eigenvalue weighted by Gasteiger charge is 2.22. The van der Waals surface area contributed by atoms with Crippen LogP contribution in [0.1, 0.15) is 46.5 Å². The number of pyridine rings is 1. The molecule has 2 N–H and O–H groups in total. The first-order chi connectivity index (χ1) is 16.9. The van der Waals surface area contributed by atoms with Crippen molar-refractivity contribution in [3.8, 4) is 5.75 Å². The second-order valence-corrected chi connectivity index (χ2v) is 8.82. The van der Waals surface area contributed by atoms with Gasteiger partial charge < -0.3 is 20.3 Å². The Bertz CT molecular complexity index is 1120. The predicted octanol–water partition coefficient (Wildman–Crippen LogP) is 5.03. The van der Waals surface area contributed by atoms with Gasteiger partial charge in [-0.05, 0) is 68.8 Å². The van der Waals surface area contributed by atoms with Crippen LogP contribution in [-0.4, -0.2) is 47.9 Å². The summed E-state index contributed by atoms with van der Waals surface area (Å²) in [4.78, 5) is 31.5. The Morgan fingerprint density at radius 3 is 2.46 bits per heavy atom. The smallest absolute Gasteiger partial charge is 0.257 e. The number of carbonyl (C=O) groups is 2. The third kappa shape index (κ3) is 7.53. The van der Waals surface area contributed by atoms with Crippen molar-refractivity contribution in [2.75, 3.05) is 25.5 Å². The van der Waals surface area contributed by atoms with E-state index in [1.165, 1.54) is 0 Å². The van der Waals surface area contributed by atoms with E-state index in [1.807, 2.05) is 38.1 Å². The van der Waals surface area contributed by atoms with E-state index in [4.69, 9.17) is 16.3 Å². The van der Waals surface area contributed by atoms with Gasteiger partial charge in [0.2, 0.25) is 0 Å². The van der Waals surface area contributed by atoms with Crippen molar-refractivity contribution >= 4 is 29.1 Å². The molecule has 0 aliphatic heterocycles. The minimum atomic E-state index is -0.302. The van der Waals surface area contributed by atoms with Crippen LogP contribution in [0.5, 0.6) is 5.75 Å². The normalized spacial score (nSPS) is 10.8. The van der Waals surface area contributed by atoms with E-state index in [1.54, 1.807) is 54.7 Å². The molecule has 2 amide bonds. The molecule has 8 heteroatoms. The third-order valence-corrected chi connectivity index (χ3v) is 5.77. The van der Waals surface area contributed by atoms with Gasteiger partial charge in [-0.25, -0.2) is 0 Å². The number of nitrogens with zero attached hydrogens (tertiary/aromatic N) is 2. The van der Waals surface area contributed by atoms with Gasteiger partial charge in [-0.2, -0.15) is 0 Å². The fourth-order valence-corrected chi connectivity index (χ4v) is 3.41. The van der Waals surface area contributed by atoms with Gasteiger partial charge in [-0.1, -0.05) is 29.8 Å². The second kappa shape index (κ2) is 12.9. The molecule has 7 nitrogen and oxygen atoms in total. The second-order valence-electron chi connectivity index (χ2n) is 8.39. The van der Waals surface area contributed by atoms with Gasteiger partial charge in [0.25, 0.3) is 11.8 Å². The molecule has 0 spiro atoms. The van der Waals surface area contributed by atoms with Crippen LogP contribution in [0.25, 0.3) is 0 Å². The minimum absolute atomic E-state index is 0.0162. The fraction of sp³-hybridized carbons (Fsp3) is 0.296. The SMILES string of the molecule is CC(C)N(C)C(=O)c1cccc(NC(=O)c2ccncc2)c1OCCCNCc1ccc(Cl)cc1. The van der Waals surface area contributed by atoms with E-state index < -0.39 is 0 Å². The van der Waals surface area contributed by atoms with Crippen LogP contribution in [0.3, 0.4) is 0 Å². The van der Waals surface area contributed by atoms with Crippen LogP contribution in [0, 0.1) is 0 Å². The van der Waals surface area contributed by atoms with Crippen molar-refractivity contribution in [2.45, 2.75) is 32.9 Å². The van der Waals surface area contributed by atoms with Crippen molar-refractivity contribution in [1.29, 1.82) is 0 Å². The maximum atomic E-state index is 13.1. The fourth-order valence-electron chi connectivity index (χ4n) is 3.29. The van der Waals surface area contributed by atoms with Crippen LogP contribution in [0.15, 0.2) is 67.0 Å². The molecule has 0 radical (unpaired) electrons. The molecule has 0 fully saturated rings. The summed E-state index contributed by atoms with van der Waals surface area (Å²) in [6, 6.07) is 16.2. The van der Waals surface area contributed by atoms with Gasteiger partial charge in [0.1, 0.15) is 0 Å². The van der Waals surface area contributed by atoms with Gasteiger partial charge in [-0.3, -0.25) is 14.6 Å². The van der Waals surface area contributed by atoms with Crippen molar-refractivity contribution < 1.29 is 14.3 Å². The van der Waals surface area contributed by atoms with Crippen LogP contribution < -0.4 is 15.4 Å². The Morgan fingerprint density at radius 1 is 1.06 bits per heavy atom. The summed E-state index contributed by atoms with van der Waals surface area (Å²) in [5.41, 5.74) is 2.46. The molecule has 3 aromatic rings. The van der Waals surface area contributed by atoms with Gasteiger partial charge in [0.05, 0.1) is 17.9 Å². The molecule has 3 rings (SSSR count). The number of amides is 2. The first kappa shape index (κ1) is 26.2. The van der Waals surface area contributed by atoms with Crippen molar-refractivity contribution in [2.24, 2.45) is 0 Å². The summed E-state index contributed by atoms with van der Waals surface area (Å²) in [5, 5.41) is 6.97. The van der Waals surface area contributed by atoms with Crippen LogP contribution in [0.4, 0.5) is 5.69 Å². The number of anilines is 1. The molecule has 35 heavy (non-hydrogen) atoms. The Balaban J connectivity index is 1.69. The Morgan fingerprint density at radius 2 is 1.77 bits per heavy atom. The van der Waals surface area contributed by atoms with E-state index >= 15 is 0 Å². The topological polar surface area (TPSA) is 83.6 Å². The zero-order chi connectivity index (χ0) is 25.2. The summed E-state index contributed by atoms with van der Waals surface area (Å²) >= 11 is 5.93. The van der Waals surface area contributed by atoms with E-state index in [2.05, 4.69) is 15.6 Å². The molecule has 184 valence electrons. The summed E-state index contributed by atoms with van der Waals surface area (Å²) in [5.74, 6) is -0.107. The number of hydrogen-bond acceptors (Lipinski definition) is 5. The monoisotopic (exact) mass is 494 g/mol. The number of benzene rings is 2. The molecule has 0 aliphatic carbocycles. The summed E-state index contributed by atoms with van der Waals surface area (Å²) in [6.07, 6.45) is 3.83. The Labute approximate surface area is 211 Å². The van der Waals surface area contributed by atoms with E-state index in [9.17, 15) is 9.59 Å². The lowest BCUT2D eigenvalue weighted by atomic mass is 10.1. The van der Waals surface area contributed by atoms with Crippen LogP contribution in [0.2, 0.25) is 5.02 Å². The molecular weight excluding hydrogens is 464 g/mol. The third-order valence-electron chi connectivity index (χ3n) is 5.52. The highest BCUT2D eigenvalue weighted by Crippen LogP contribution is 2.31. The first-order valence-electron chi connectivity index (χ1n) is 11.6. The molecule has 2 aromatic carbocycles. The lowest BCUT2D eigenvalue weighted by Gasteiger charge is -2.24. The number of rotatable bonds is 11. The summed E-state index contributed by atoms with van der Waals surface area (Å²) in [6.45, 7) is 5.71. The molecule has 1 aromatic heterocycles. The Hall–Kier alpha value is -3.42.